The fraction of sp³-hybridized carbons (Fsp3) is 0.400. The van der Waals surface area contributed by atoms with E-state index in [1.165, 1.54) is 18.2 Å². The topological polar surface area (TPSA) is 51.0 Å². The lowest BCUT2D eigenvalue weighted by Crippen LogP contribution is -2.35. The summed E-state index contributed by atoms with van der Waals surface area (Å²) in [6.07, 6.45) is 8.53. The molecular formula is C15H17ClN4OS. The molecule has 0 saturated carbocycles. The number of halogens is 1. The number of likely N-dealkylation sites (tertiary alicyclic amines) is 1. The van der Waals surface area contributed by atoms with Crippen LogP contribution < -0.4 is 0 Å². The molecule has 5 nitrogen and oxygen atoms in total. The lowest BCUT2D eigenvalue weighted by atomic mass is 10.1. The lowest BCUT2D eigenvalue weighted by Gasteiger charge is -2.26. The second kappa shape index (κ2) is 6.71. The van der Waals surface area contributed by atoms with Crippen LogP contribution in [0.3, 0.4) is 0 Å². The molecule has 0 atom stereocenters. The van der Waals surface area contributed by atoms with Gasteiger partial charge < -0.3 is 9.47 Å². The summed E-state index contributed by atoms with van der Waals surface area (Å²) in [5, 5.41) is 1.95. The summed E-state index contributed by atoms with van der Waals surface area (Å²) in [5.74, 6) is 0.0163. The van der Waals surface area contributed by atoms with Crippen molar-refractivity contribution in [2.45, 2.75) is 29.4 Å². The second-order valence-corrected chi connectivity index (χ2v) is 6.65. The summed E-state index contributed by atoms with van der Waals surface area (Å²) in [5.41, 5.74) is 0.552. The van der Waals surface area contributed by atoms with Crippen molar-refractivity contribution in [3.63, 3.8) is 0 Å². The number of carbonyl (C=O) groups excluding carboxylic acids is 1. The van der Waals surface area contributed by atoms with Gasteiger partial charge in [0.05, 0.1) is 10.6 Å². The molecule has 0 unspecified atom stereocenters. The first-order valence-electron chi connectivity index (χ1n) is 7.25. The van der Waals surface area contributed by atoms with Gasteiger partial charge in [-0.05, 0) is 37.1 Å². The SMILES string of the molecule is Cn1ccnc1Sc1ncc(C(=O)N2CCCCC2)cc1Cl. The Morgan fingerprint density at radius 3 is 2.68 bits per heavy atom. The first-order chi connectivity index (χ1) is 10.6. The maximum absolute atomic E-state index is 12.4. The Balaban J connectivity index is 1.77. The van der Waals surface area contributed by atoms with E-state index in [1.54, 1.807) is 18.5 Å². The molecule has 7 heteroatoms. The zero-order valence-corrected chi connectivity index (χ0v) is 13.9. The van der Waals surface area contributed by atoms with Crippen LogP contribution in [-0.4, -0.2) is 38.4 Å². The highest BCUT2D eigenvalue weighted by Gasteiger charge is 2.20. The molecule has 2 aromatic heterocycles. The van der Waals surface area contributed by atoms with Crippen molar-refractivity contribution in [3.8, 4) is 0 Å². The molecule has 0 aliphatic carbocycles. The Hall–Kier alpha value is -1.53. The summed E-state index contributed by atoms with van der Waals surface area (Å²) in [7, 11) is 1.91. The van der Waals surface area contributed by atoms with Gasteiger partial charge in [0, 0.05) is 38.7 Å². The number of nitrogens with zero attached hydrogens (tertiary/aromatic N) is 4. The molecule has 1 fully saturated rings. The Kier molecular flexibility index (Phi) is 4.69. The number of imidazole rings is 1. The van der Waals surface area contributed by atoms with Crippen LogP contribution in [0.25, 0.3) is 0 Å². The van der Waals surface area contributed by atoms with Crippen LogP contribution >= 0.6 is 23.4 Å². The molecule has 1 aliphatic heterocycles. The molecule has 3 rings (SSSR count). The molecular weight excluding hydrogens is 320 g/mol. The van der Waals surface area contributed by atoms with E-state index < -0.39 is 0 Å². The first kappa shape index (κ1) is 15.4. The lowest BCUT2D eigenvalue weighted by molar-refractivity contribution is 0.0724. The van der Waals surface area contributed by atoms with E-state index in [0.717, 1.165) is 31.1 Å². The van der Waals surface area contributed by atoms with E-state index in [2.05, 4.69) is 9.97 Å². The molecule has 1 amide bonds. The summed E-state index contributed by atoms with van der Waals surface area (Å²) >= 11 is 7.68. The molecule has 0 N–H and O–H groups in total. The first-order valence-corrected chi connectivity index (χ1v) is 8.44. The Labute approximate surface area is 138 Å². The third-order valence-electron chi connectivity index (χ3n) is 3.66. The smallest absolute Gasteiger partial charge is 0.255 e. The van der Waals surface area contributed by atoms with Crippen molar-refractivity contribution in [1.29, 1.82) is 0 Å². The van der Waals surface area contributed by atoms with E-state index in [4.69, 9.17) is 11.6 Å². The van der Waals surface area contributed by atoms with E-state index in [1.807, 2.05) is 22.7 Å². The van der Waals surface area contributed by atoms with Gasteiger partial charge in [0.2, 0.25) is 0 Å². The van der Waals surface area contributed by atoms with E-state index in [9.17, 15) is 4.79 Å². The third kappa shape index (κ3) is 3.28. The van der Waals surface area contributed by atoms with Gasteiger partial charge in [-0.3, -0.25) is 4.79 Å². The average Bonchev–Trinajstić information content (AvgIpc) is 2.94. The molecule has 1 saturated heterocycles. The number of aryl methyl sites for hydroxylation is 1. The van der Waals surface area contributed by atoms with Crippen molar-refractivity contribution >= 4 is 29.3 Å². The number of amides is 1. The number of hydrogen-bond acceptors (Lipinski definition) is 4. The minimum Gasteiger partial charge on any atom is -0.339 e. The second-order valence-electron chi connectivity index (χ2n) is 5.29. The minimum atomic E-state index is 0.0163. The van der Waals surface area contributed by atoms with Gasteiger partial charge in [-0.2, -0.15) is 0 Å². The standard InChI is InChI=1S/C15H17ClN4OS/c1-19-8-5-17-15(19)22-13-12(16)9-11(10-18-13)14(21)20-6-3-2-4-7-20/h5,8-10H,2-4,6-7H2,1H3. The number of carbonyl (C=O) groups is 1. The molecule has 1 aliphatic rings. The summed E-state index contributed by atoms with van der Waals surface area (Å²) in [6, 6.07) is 1.71. The van der Waals surface area contributed by atoms with Crippen molar-refractivity contribution in [2.24, 2.45) is 7.05 Å². The maximum Gasteiger partial charge on any atom is 0.255 e. The average molecular weight is 337 g/mol. The highest BCUT2D eigenvalue weighted by atomic mass is 35.5. The summed E-state index contributed by atoms with van der Waals surface area (Å²) in [6.45, 7) is 1.64. The van der Waals surface area contributed by atoms with Crippen LogP contribution in [0.1, 0.15) is 29.6 Å². The van der Waals surface area contributed by atoms with Gasteiger partial charge in [-0.1, -0.05) is 11.6 Å². The van der Waals surface area contributed by atoms with Gasteiger partial charge in [-0.25, -0.2) is 9.97 Å². The molecule has 2 aromatic rings. The van der Waals surface area contributed by atoms with Crippen molar-refractivity contribution in [2.75, 3.05) is 13.1 Å². The number of piperidine rings is 1. The van der Waals surface area contributed by atoms with Gasteiger partial charge >= 0.3 is 0 Å². The number of hydrogen-bond donors (Lipinski definition) is 0. The zero-order chi connectivity index (χ0) is 15.5. The Morgan fingerprint density at radius 2 is 2.05 bits per heavy atom. The van der Waals surface area contributed by atoms with Crippen LogP contribution in [0.15, 0.2) is 34.8 Å². The van der Waals surface area contributed by atoms with E-state index >= 15 is 0 Å². The molecule has 0 radical (unpaired) electrons. The van der Waals surface area contributed by atoms with Gasteiger partial charge in [-0.15, -0.1) is 0 Å². The van der Waals surface area contributed by atoms with Crippen LogP contribution in [0.4, 0.5) is 0 Å². The Bertz CT molecular complexity index is 682. The van der Waals surface area contributed by atoms with Gasteiger partial charge in [0.15, 0.2) is 5.16 Å². The predicted octanol–water partition coefficient (Wildman–Crippen LogP) is 3.25. The van der Waals surface area contributed by atoms with Crippen LogP contribution in [0.5, 0.6) is 0 Å². The number of rotatable bonds is 3. The van der Waals surface area contributed by atoms with Crippen molar-refractivity contribution < 1.29 is 4.79 Å². The van der Waals surface area contributed by atoms with Crippen molar-refractivity contribution in [1.82, 2.24) is 19.4 Å². The van der Waals surface area contributed by atoms with E-state index in [-0.39, 0.29) is 5.91 Å². The van der Waals surface area contributed by atoms with Gasteiger partial charge in [0.1, 0.15) is 5.03 Å². The largest absolute Gasteiger partial charge is 0.339 e. The van der Waals surface area contributed by atoms with Crippen molar-refractivity contribution in [3.05, 3.63) is 35.2 Å². The van der Waals surface area contributed by atoms with E-state index in [0.29, 0.717) is 15.6 Å². The molecule has 0 spiro atoms. The number of aromatic nitrogens is 3. The summed E-state index contributed by atoms with van der Waals surface area (Å²) < 4.78 is 1.90. The molecule has 116 valence electrons. The summed E-state index contributed by atoms with van der Waals surface area (Å²) in [4.78, 5) is 22.9. The molecule has 0 aromatic carbocycles. The van der Waals surface area contributed by atoms with Crippen LogP contribution in [0, 0.1) is 0 Å². The van der Waals surface area contributed by atoms with Crippen LogP contribution in [-0.2, 0) is 7.05 Å². The zero-order valence-electron chi connectivity index (χ0n) is 12.3. The Morgan fingerprint density at radius 1 is 1.27 bits per heavy atom. The molecule has 3 heterocycles. The predicted molar refractivity (Wildman–Crippen MR) is 86.3 cm³/mol. The third-order valence-corrected chi connectivity index (χ3v) is 5.16. The van der Waals surface area contributed by atoms with Gasteiger partial charge in [0.25, 0.3) is 5.91 Å². The maximum atomic E-state index is 12.4. The monoisotopic (exact) mass is 336 g/mol. The quantitative estimate of drug-likeness (QED) is 0.863. The highest BCUT2D eigenvalue weighted by molar-refractivity contribution is 7.99. The van der Waals surface area contributed by atoms with Crippen LogP contribution in [0.2, 0.25) is 5.02 Å². The fourth-order valence-electron chi connectivity index (χ4n) is 2.43. The minimum absolute atomic E-state index is 0.0163. The molecule has 22 heavy (non-hydrogen) atoms. The normalized spacial score (nSPS) is 15.1. The highest BCUT2D eigenvalue weighted by Crippen LogP contribution is 2.30. The number of pyridine rings is 1. The fourth-order valence-corrected chi connectivity index (χ4v) is 3.47. The molecule has 0 bridgehead atoms.